The molecule has 0 saturated heterocycles. The van der Waals surface area contributed by atoms with Gasteiger partial charge in [-0.1, -0.05) is 66.1 Å². The van der Waals surface area contributed by atoms with E-state index in [9.17, 15) is 4.79 Å². The summed E-state index contributed by atoms with van der Waals surface area (Å²) in [6.45, 7) is 1.99. The maximum Gasteiger partial charge on any atom is 0.261 e. The molecule has 2 aromatic carbocycles. The fourth-order valence-corrected chi connectivity index (χ4v) is 2.50. The molecule has 3 rings (SSSR count). The molecule has 0 fully saturated rings. The van der Waals surface area contributed by atoms with Crippen LogP contribution < -0.4 is 10.1 Å². The van der Waals surface area contributed by atoms with Crippen LogP contribution in [-0.2, 0) is 11.3 Å². The van der Waals surface area contributed by atoms with Crippen molar-refractivity contribution >= 4 is 17.5 Å². The van der Waals surface area contributed by atoms with Crippen LogP contribution in [-0.4, -0.2) is 22.2 Å². The lowest BCUT2D eigenvalue weighted by Gasteiger charge is -2.17. The number of halogens is 1. The quantitative estimate of drug-likeness (QED) is 0.682. The Kier molecular flexibility index (Phi) is 5.86. The molecule has 0 radical (unpaired) electrons. The number of para-hydroxylation sites is 1. The first-order valence-electron chi connectivity index (χ1n) is 8.24. The molecule has 1 aromatic heterocycles. The van der Waals surface area contributed by atoms with Gasteiger partial charge in [0.25, 0.3) is 5.91 Å². The number of rotatable bonds is 7. The summed E-state index contributed by atoms with van der Waals surface area (Å²) >= 11 is 6.07. The predicted molar refractivity (Wildman–Crippen MR) is 97.7 cm³/mol. The number of benzene rings is 2. The van der Waals surface area contributed by atoms with E-state index >= 15 is 0 Å². The van der Waals surface area contributed by atoms with Gasteiger partial charge in [-0.05, 0) is 18.6 Å². The van der Waals surface area contributed by atoms with Crippen LogP contribution in [0.15, 0.2) is 59.1 Å². The Bertz CT molecular complexity index is 867. The highest BCUT2D eigenvalue weighted by atomic mass is 35.5. The van der Waals surface area contributed by atoms with E-state index in [1.165, 1.54) is 0 Å². The monoisotopic (exact) mass is 371 g/mol. The van der Waals surface area contributed by atoms with Crippen molar-refractivity contribution in [1.82, 2.24) is 15.5 Å². The van der Waals surface area contributed by atoms with E-state index in [-0.39, 0.29) is 12.5 Å². The standard InChI is InChI=1S/C19H18ClN3O3/c1-2-15(25-16-11-7-6-10-14(16)20)19(24)21-12-17-22-18(23-26-17)13-8-4-3-5-9-13/h3-11,15H,2,12H2,1H3,(H,21,24)/t15-/m0/s1. The molecule has 26 heavy (non-hydrogen) atoms. The number of carbonyl (C=O) groups excluding carboxylic acids is 1. The number of hydrogen-bond acceptors (Lipinski definition) is 5. The molecule has 6 nitrogen and oxygen atoms in total. The second-order valence-corrected chi connectivity index (χ2v) is 5.95. The minimum atomic E-state index is -0.661. The number of ether oxygens (including phenoxy) is 1. The van der Waals surface area contributed by atoms with Crippen molar-refractivity contribution < 1.29 is 14.1 Å². The van der Waals surface area contributed by atoms with Gasteiger partial charge in [0, 0.05) is 5.56 Å². The Morgan fingerprint density at radius 2 is 1.92 bits per heavy atom. The van der Waals surface area contributed by atoms with E-state index in [4.69, 9.17) is 20.9 Å². The number of hydrogen-bond donors (Lipinski definition) is 1. The fourth-order valence-electron chi connectivity index (χ4n) is 2.32. The van der Waals surface area contributed by atoms with Crippen LogP contribution in [0.2, 0.25) is 5.02 Å². The van der Waals surface area contributed by atoms with Gasteiger partial charge in [0.05, 0.1) is 11.6 Å². The molecule has 0 aliphatic carbocycles. The molecule has 0 aliphatic heterocycles. The van der Waals surface area contributed by atoms with E-state index < -0.39 is 6.10 Å². The first-order chi connectivity index (χ1) is 12.7. The Morgan fingerprint density at radius 3 is 2.65 bits per heavy atom. The van der Waals surface area contributed by atoms with Crippen LogP contribution in [0.5, 0.6) is 5.75 Å². The second kappa shape index (κ2) is 8.49. The Hall–Kier alpha value is -2.86. The van der Waals surface area contributed by atoms with E-state index in [0.29, 0.717) is 28.9 Å². The number of amides is 1. The molecular formula is C19H18ClN3O3. The molecule has 3 aromatic rings. The van der Waals surface area contributed by atoms with Crippen LogP contribution in [0.4, 0.5) is 0 Å². The maximum atomic E-state index is 12.4. The molecule has 0 aliphatic rings. The van der Waals surface area contributed by atoms with Crippen molar-refractivity contribution in [3.05, 3.63) is 65.5 Å². The van der Waals surface area contributed by atoms with Gasteiger partial charge < -0.3 is 14.6 Å². The Balaban J connectivity index is 1.59. The van der Waals surface area contributed by atoms with Crippen molar-refractivity contribution in [3.63, 3.8) is 0 Å². The molecule has 0 unspecified atom stereocenters. The van der Waals surface area contributed by atoms with Crippen molar-refractivity contribution in [3.8, 4) is 17.1 Å². The van der Waals surface area contributed by atoms with Gasteiger partial charge in [-0.2, -0.15) is 4.98 Å². The van der Waals surface area contributed by atoms with E-state index in [1.807, 2.05) is 37.3 Å². The van der Waals surface area contributed by atoms with E-state index in [0.717, 1.165) is 5.56 Å². The molecule has 1 heterocycles. The first kappa shape index (κ1) is 17.9. The zero-order chi connectivity index (χ0) is 18.4. The Morgan fingerprint density at radius 1 is 1.19 bits per heavy atom. The van der Waals surface area contributed by atoms with Gasteiger partial charge in [-0.15, -0.1) is 0 Å². The summed E-state index contributed by atoms with van der Waals surface area (Å²) in [5.41, 5.74) is 0.849. The summed E-state index contributed by atoms with van der Waals surface area (Å²) in [5.74, 6) is 1.01. The van der Waals surface area contributed by atoms with Gasteiger partial charge in [-0.25, -0.2) is 0 Å². The molecule has 0 saturated carbocycles. The number of nitrogens with zero attached hydrogens (tertiary/aromatic N) is 2. The van der Waals surface area contributed by atoms with Crippen LogP contribution in [0.25, 0.3) is 11.4 Å². The van der Waals surface area contributed by atoms with Gasteiger partial charge in [0.2, 0.25) is 11.7 Å². The van der Waals surface area contributed by atoms with Crippen LogP contribution in [0, 0.1) is 0 Å². The summed E-state index contributed by atoms with van der Waals surface area (Å²) < 4.78 is 10.9. The van der Waals surface area contributed by atoms with Crippen molar-refractivity contribution in [2.75, 3.05) is 0 Å². The predicted octanol–water partition coefficient (Wildman–Crippen LogP) is 3.86. The summed E-state index contributed by atoms with van der Waals surface area (Å²) in [4.78, 5) is 16.7. The summed E-state index contributed by atoms with van der Waals surface area (Å²) in [7, 11) is 0. The van der Waals surface area contributed by atoms with Crippen molar-refractivity contribution in [2.45, 2.75) is 26.0 Å². The van der Waals surface area contributed by atoms with Crippen LogP contribution in [0.3, 0.4) is 0 Å². The lowest BCUT2D eigenvalue weighted by atomic mass is 10.2. The summed E-state index contributed by atoms with van der Waals surface area (Å²) in [5, 5.41) is 7.14. The molecule has 1 N–H and O–H groups in total. The molecular weight excluding hydrogens is 354 g/mol. The van der Waals surface area contributed by atoms with Crippen molar-refractivity contribution in [1.29, 1.82) is 0 Å². The zero-order valence-electron chi connectivity index (χ0n) is 14.2. The molecule has 0 bridgehead atoms. The summed E-state index contributed by atoms with van der Waals surface area (Å²) in [6, 6.07) is 16.5. The van der Waals surface area contributed by atoms with Gasteiger partial charge in [-0.3, -0.25) is 4.79 Å². The minimum absolute atomic E-state index is 0.126. The molecule has 134 valence electrons. The fraction of sp³-hybridized carbons (Fsp3) is 0.211. The number of nitrogens with one attached hydrogen (secondary N) is 1. The van der Waals surface area contributed by atoms with Crippen molar-refractivity contribution in [2.24, 2.45) is 0 Å². The van der Waals surface area contributed by atoms with E-state index in [2.05, 4.69) is 15.5 Å². The first-order valence-corrected chi connectivity index (χ1v) is 8.62. The molecule has 7 heteroatoms. The zero-order valence-corrected chi connectivity index (χ0v) is 14.9. The maximum absolute atomic E-state index is 12.4. The third kappa shape index (κ3) is 4.40. The highest BCUT2D eigenvalue weighted by molar-refractivity contribution is 6.32. The topological polar surface area (TPSA) is 77.2 Å². The average molecular weight is 372 g/mol. The molecule has 1 amide bonds. The largest absolute Gasteiger partial charge is 0.479 e. The smallest absolute Gasteiger partial charge is 0.261 e. The van der Waals surface area contributed by atoms with E-state index in [1.54, 1.807) is 24.3 Å². The molecule has 1 atom stereocenters. The minimum Gasteiger partial charge on any atom is -0.479 e. The average Bonchev–Trinajstić information content (AvgIpc) is 3.15. The lowest BCUT2D eigenvalue weighted by Crippen LogP contribution is -2.37. The van der Waals surface area contributed by atoms with Crippen LogP contribution >= 0.6 is 11.6 Å². The third-order valence-corrected chi connectivity index (χ3v) is 4.00. The molecule has 0 spiro atoms. The van der Waals surface area contributed by atoms with Gasteiger partial charge >= 0.3 is 0 Å². The van der Waals surface area contributed by atoms with Gasteiger partial charge in [0.15, 0.2) is 6.10 Å². The van der Waals surface area contributed by atoms with Crippen LogP contribution in [0.1, 0.15) is 19.2 Å². The highest BCUT2D eigenvalue weighted by Crippen LogP contribution is 2.24. The number of aromatic nitrogens is 2. The second-order valence-electron chi connectivity index (χ2n) is 5.54. The Labute approximate surface area is 156 Å². The number of carbonyl (C=O) groups is 1. The third-order valence-electron chi connectivity index (χ3n) is 3.68. The van der Waals surface area contributed by atoms with Gasteiger partial charge in [0.1, 0.15) is 5.75 Å². The normalized spacial score (nSPS) is 11.8. The lowest BCUT2D eigenvalue weighted by molar-refractivity contribution is -0.128. The summed E-state index contributed by atoms with van der Waals surface area (Å²) in [6.07, 6.45) is -0.165. The SMILES string of the molecule is CC[C@H](Oc1ccccc1Cl)C(=O)NCc1nc(-c2ccccc2)no1. The highest BCUT2D eigenvalue weighted by Gasteiger charge is 2.20.